The maximum Gasteiger partial charge on any atom is 0.247 e. The van der Waals surface area contributed by atoms with Crippen LogP contribution in [0.4, 0.5) is 5.69 Å². The molecule has 6 nitrogen and oxygen atoms in total. The number of amides is 1. The Kier molecular flexibility index (Phi) is 2.97. The van der Waals surface area contributed by atoms with Crippen molar-refractivity contribution in [3.63, 3.8) is 0 Å². The van der Waals surface area contributed by atoms with Gasteiger partial charge in [0, 0.05) is 16.8 Å². The highest BCUT2D eigenvalue weighted by Gasteiger charge is 2.28. The zero-order valence-corrected chi connectivity index (χ0v) is 12.5. The van der Waals surface area contributed by atoms with Crippen LogP contribution in [-0.2, 0) is 4.79 Å². The van der Waals surface area contributed by atoms with E-state index < -0.39 is 0 Å². The van der Waals surface area contributed by atoms with Crippen LogP contribution in [0.2, 0.25) is 0 Å². The number of nitrogen functional groups attached to an aromatic ring is 1. The Morgan fingerprint density at radius 2 is 1.87 bits per heavy atom. The Labute approximate surface area is 132 Å². The van der Waals surface area contributed by atoms with Gasteiger partial charge in [-0.3, -0.25) is 4.79 Å². The molecule has 4 rings (SSSR count). The average Bonchev–Trinajstić information content (AvgIpc) is 2.98. The Hall–Kier alpha value is -3.02. The largest absolute Gasteiger partial charge is 0.454 e. The van der Waals surface area contributed by atoms with E-state index in [-0.39, 0.29) is 18.6 Å². The predicted molar refractivity (Wildman–Crippen MR) is 85.6 cm³/mol. The minimum atomic E-state index is -0.338. The van der Waals surface area contributed by atoms with Gasteiger partial charge >= 0.3 is 0 Å². The zero-order valence-electron chi connectivity index (χ0n) is 12.5. The van der Waals surface area contributed by atoms with E-state index in [1.165, 1.54) is 0 Å². The fourth-order valence-electron chi connectivity index (χ4n) is 2.79. The van der Waals surface area contributed by atoms with Gasteiger partial charge in [0.1, 0.15) is 0 Å². The number of nitrogens with zero attached hydrogens (tertiary/aromatic N) is 1. The number of rotatable bonds is 1. The van der Waals surface area contributed by atoms with E-state index in [1.807, 2.05) is 31.2 Å². The molecule has 0 radical (unpaired) electrons. The molecule has 6 heteroatoms. The first kappa shape index (κ1) is 13.6. The maximum absolute atomic E-state index is 12.2. The fraction of sp³-hybridized carbons (Fsp3) is 0.176. The quantitative estimate of drug-likeness (QED) is 0.789. The third-order valence-corrected chi connectivity index (χ3v) is 4.12. The van der Waals surface area contributed by atoms with Crippen molar-refractivity contribution in [2.75, 3.05) is 12.5 Å². The first-order valence-electron chi connectivity index (χ1n) is 7.31. The van der Waals surface area contributed by atoms with Crippen LogP contribution in [0.15, 0.2) is 41.5 Å². The second-order valence-corrected chi connectivity index (χ2v) is 5.57. The summed E-state index contributed by atoms with van der Waals surface area (Å²) in [7, 11) is 0. The number of nitrogens with one attached hydrogen (secondary N) is 1. The normalized spacial score (nSPS) is 18.7. The summed E-state index contributed by atoms with van der Waals surface area (Å²) >= 11 is 0. The Morgan fingerprint density at radius 1 is 1.17 bits per heavy atom. The standard InChI is InChI=1S/C17H15N3O3/c1-9-12-6-14-15(23-8-22-14)7-13(12)16(19-20-17(9)21)10-2-4-11(18)5-3-10/h2-7,9H,8,18H2,1H3,(H,20,21)/t9-/m0/s1. The molecule has 0 saturated heterocycles. The number of benzene rings is 2. The predicted octanol–water partition coefficient (Wildman–Crippen LogP) is 1.98. The number of hydrogen-bond donors (Lipinski definition) is 2. The van der Waals surface area contributed by atoms with Gasteiger partial charge in [-0.25, -0.2) is 5.43 Å². The molecule has 0 bridgehead atoms. The van der Waals surface area contributed by atoms with Crippen LogP contribution in [0.25, 0.3) is 0 Å². The van der Waals surface area contributed by atoms with Gasteiger partial charge in [-0.05, 0) is 36.8 Å². The number of hydrazone groups is 1. The lowest BCUT2D eigenvalue weighted by molar-refractivity contribution is -0.122. The van der Waals surface area contributed by atoms with Gasteiger partial charge in [0.05, 0.1) is 11.6 Å². The van der Waals surface area contributed by atoms with Crippen molar-refractivity contribution in [2.45, 2.75) is 12.8 Å². The molecule has 23 heavy (non-hydrogen) atoms. The summed E-state index contributed by atoms with van der Waals surface area (Å²) in [4.78, 5) is 12.2. The average molecular weight is 309 g/mol. The van der Waals surface area contributed by atoms with Crippen molar-refractivity contribution < 1.29 is 14.3 Å². The molecule has 0 unspecified atom stereocenters. The summed E-state index contributed by atoms with van der Waals surface area (Å²) in [6, 6.07) is 11.1. The molecular formula is C17H15N3O3. The van der Waals surface area contributed by atoms with Gasteiger partial charge in [0.25, 0.3) is 0 Å². The van der Waals surface area contributed by atoms with Crippen LogP contribution in [-0.4, -0.2) is 18.4 Å². The van der Waals surface area contributed by atoms with Gasteiger partial charge in [0.2, 0.25) is 12.7 Å². The van der Waals surface area contributed by atoms with Crippen LogP contribution >= 0.6 is 0 Å². The number of nitrogens with two attached hydrogens (primary N) is 1. The van der Waals surface area contributed by atoms with E-state index in [4.69, 9.17) is 15.2 Å². The zero-order chi connectivity index (χ0) is 16.0. The van der Waals surface area contributed by atoms with E-state index in [2.05, 4.69) is 10.5 Å². The van der Waals surface area contributed by atoms with Crippen molar-refractivity contribution in [3.05, 3.63) is 53.1 Å². The summed E-state index contributed by atoms with van der Waals surface area (Å²) in [5, 5.41) is 4.30. The van der Waals surface area contributed by atoms with Crippen molar-refractivity contribution in [2.24, 2.45) is 5.10 Å². The van der Waals surface area contributed by atoms with Crippen LogP contribution in [0.5, 0.6) is 11.5 Å². The van der Waals surface area contributed by atoms with Gasteiger partial charge in [-0.1, -0.05) is 12.1 Å². The number of carbonyl (C=O) groups excluding carboxylic acids is 1. The summed E-state index contributed by atoms with van der Waals surface area (Å²) in [5.41, 5.74) is 12.3. The number of fused-ring (bicyclic) bond motifs is 2. The minimum Gasteiger partial charge on any atom is -0.454 e. The SMILES string of the molecule is C[C@@H]1C(=O)NN=C(c2ccc(N)cc2)c2cc3c(cc21)OCO3. The first-order valence-corrected chi connectivity index (χ1v) is 7.31. The third kappa shape index (κ3) is 2.19. The smallest absolute Gasteiger partial charge is 0.247 e. The van der Waals surface area contributed by atoms with Crippen LogP contribution in [0.3, 0.4) is 0 Å². The second kappa shape index (κ2) is 5.01. The van der Waals surface area contributed by atoms with Gasteiger partial charge in [-0.15, -0.1) is 0 Å². The maximum atomic E-state index is 12.2. The van der Waals surface area contributed by atoms with Crippen LogP contribution < -0.4 is 20.6 Å². The van der Waals surface area contributed by atoms with E-state index in [0.717, 1.165) is 16.7 Å². The van der Waals surface area contributed by atoms with Gasteiger partial charge in [-0.2, -0.15) is 5.10 Å². The van der Waals surface area contributed by atoms with Crippen molar-refractivity contribution in [3.8, 4) is 11.5 Å². The summed E-state index contributed by atoms with van der Waals surface area (Å²) in [6.07, 6.45) is 0. The highest BCUT2D eigenvalue weighted by molar-refractivity contribution is 6.16. The molecular weight excluding hydrogens is 294 g/mol. The van der Waals surface area contributed by atoms with Crippen LogP contribution in [0.1, 0.15) is 29.5 Å². The molecule has 0 aliphatic carbocycles. The highest BCUT2D eigenvalue weighted by Crippen LogP contribution is 2.39. The highest BCUT2D eigenvalue weighted by atomic mass is 16.7. The van der Waals surface area contributed by atoms with Gasteiger partial charge in [0.15, 0.2) is 11.5 Å². The molecule has 0 saturated carbocycles. The first-order chi connectivity index (χ1) is 11.1. The number of hydrogen-bond acceptors (Lipinski definition) is 5. The third-order valence-electron chi connectivity index (χ3n) is 4.12. The minimum absolute atomic E-state index is 0.157. The molecule has 2 heterocycles. The molecule has 2 aliphatic heterocycles. The topological polar surface area (TPSA) is 85.9 Å². The molecule has 3 N–H and O–H groups in total. The number of carbonyl (C=O) groups is 1. The fourth-order valence-corrected chi connectivity index (χ4v) is 2.79. The molecule has 1 atom stereocenters. The van der Waals surface area contributed by atoms with Crippen molar-refractivity contribution in [1.29, 1.82) is 0 Å². The molecule has 2 aliphatic rings. The molecule has 2 aromatic carbocycles. The lowest BCUT2D eigenvalue weighted by atomic mass is 9.90. The Morgan fingerprint density at radius 3 is 2.61 bits per heavy atom. The van der Waals surface area contributed by atoms with Gasteiger partial charge < -0.3 is 15.2 Å². The lowest BCUT2D eigenvalue weighted by Crippen LogP contribution is -2.22. The molecule has 2 aromatic rings. The second-order valence-electron chi connectivity index (χ2n) is 5.57. The molecule has 0 aromatic heterocycles. The van der Waals surface area contributed by atoms with E-state index in [0.29, 0.717) is 22.9 Å². The van der Waals surface area contributed by atoms with Crippen molar-refractivity contribution >= 4 is 17.3 Å². The summed E-state index contributed by atoms with van der Waals surface area (Å²) in [5.74, 6) is 0.820. The van der Waals surface area contributed by atoms with Crippen LogP contribution in [0, 0.1) is 0 Å². The van der Waals surface area contributed by atoms with Crippen molar-refractivity contribution in [1.82, 2.24) is 5.43 Å². The molecule has 116 valence electrons. The monoisotopic (exact) mass is 309 g/mol. The number of anilines is 1. The Balaban J connectivity index is 1.92. The Bertz CT molecular complexity index is 828. The van der Waals surface area contributed by atoms with E-state index in [1.54, 1.807) is 12.1 Å². The van der Waals surface area contributed by atoms with E-state index in [9.17, 15) is 4.79 Å². The van der Waals surface area contributed by atoms with E-state index >= 15 is 0 Å². The summed E-state index contributed by atoms with van der Waals surface area (Å²) < 4.78 is 10.9. The summed E-state index contributed by atoms with van der Waals surface area (Å²) in [6.45, 7) is 2.03. The number of ether oxygens (including phenoxy) is 2. The molecule has 0 spiro atoms. The lowest BCUT2D eigenvalue weighted by Gasteiger charge is -2.13. The molecule has 0 fully saturated rings. The molecule has 1 amide bonds.